The zero-order valence-electron chi connectivity index (χ0n) is 21.8. The molecule has 0 fully saturated rings. The van der Waals surface area contributed by atoms with Crippen LogP contribution in [-0.2, 0) is 16.2 Å². The van der Waals surface area contributed by atoms with Gasteiger partial charge in [-0.25, -0.2) is 0 Å². The van der Waals surface area contributed by atoms with Crippen molar-refractivity contribution in [3.63, 3.8) is 0 Å². The fraction of sp³-hybridized carbons (Fsp3) is 0.353. The minimum Gasteiger partial charge on any atom is -0.0767 e. The normalized spacial score (nSPS) is 17.6. The van der Waals surface area contributed by atoms with E-state index >= 15 is 0 Å². The molecular formula is C34H38. The summed E-state index contributed by atoms with van der Waals surface area (Å²) in [6.07, 6.45) is 9.23. The predicted molar refractivity (Wildman–Crippen MR) is 147 cm³/mol. The fourth-order valence-electron chi connectivity index (χ4n) is 6.02. The van der Waals surface area contributed by atoms with Crippen LogP contribution in [0.25, 0.3) is 11.1 Å². The summed E-state index contributed by atoms with van der Waals surface area (Å²) in [5.74, 6) is 0.622. The number of allylic oxidation sites excluding steroid dienone is 4. The lowest BCUT2D eigenvalue weighted by molar-refractivity contribution is 0.359. The average Bonchev–Trinajstić information content (AvgIpc) is 3.44. The fourth-order valence-corrected chi connectivity index (χ4v) is 6.02. The van der Waals surface area contributed by atoms with Crippen LogP contribution in [0.3, 0.4) is 0 Å². The summed E-state index contributed by atoms with van der Waals surface area (Å²) in [6.45, 7) is 16.4. The standard InChI is InChI=1S/C34H38/c1-32(2,3)25-17-19-27-28-20-18-26(33(4,5)6)22-30(28)31(29(27)21-25)34(7,24-15-11-12-16-24)23-13-9-8-10-14-23/h8-22,24,31H,1-7H3. The first-order valence-electron chi connectivity index (χ1n) is 12.7. The Labute approximate surface area is 206 Å². The Hall–Kier alpha value is -2.86. The molecule has 174 valence electrons. The minimum absolute atomic E-state index is 0.0994. The summed E-state index contributed by atoms with van der Waals surface area (Å²) in [5.41, 5.74) is 10.1. The molecule has 2 aliphatic rings. The van der Waals surface area contributed by atoms with Gasteiger partial charge in [0.2, 0.25) is 0 Å². The lowest BCUT2D eigenvalue weighted by Gasteiger charge is -2.42. The van der Waals surface area contributed by atoms with E-state index in [1.165, 1.54) is 38.9 Å². The Balaban J connectivity index is 1.83. The average molecular weight is 447 g/mol. The van der Waals surface area contributed by atoms with Gasteiger partial charge in [0.1, 0.15) is 0 Å². The van der Waals surface area contributed by atoms with E-state index in [0.717, 1.165) is 0 Å². The molecule has 0 heterocycles. The van der Waals surface area contributed by atoms with Crippen LogP contribution in [-0.4, -0.2) is 0 Å². The highest BCUT2D eigenvalue weighted by Crippen LogP contribution is 2.58. The molecule has 5 rings (SSSR count). The second-order valence-electron chi connectivity index (χ2n) is 12.5. The highest BCUT2D eigenvalue weighted by molar-refractivity contribution is 5.81. The molecule has 0 saturated heterocycles. The number of fused-ring (bicyclic) bond motifs is 3. The van der Waals surface area contributed by atoms with Gasteiger partial charge in [0, 0.05) is 17.3 Å². The Bertz CT molecular complexity index is 1200. The Morgan fingerprint density at radius 2 is 1.00 bits per heavy atom. The van der Waals surface area contributed by atoms with E-state index in [4.69, 9.17) is 0 Å². The number of hydrogen-bond acceptors (Lipinski definition) is 0. The lowest BCUT2D eigenvalue weighted by Crippen LogP contribution is -2.36. The molecule has 34 heavy (non-hydrogen) atoms. The van der Waals surface area contributed by atoms with Crippen molar-refractivity contribution >= 4 is 0 Å². The molecule has 0 aliphatic heterocycles. The summed E-state index contributed by atoms with van der Waals surface area (Å²) >= 11 is 0. The van der Waals surface area contributed by atoms with Gasteiger partial charge in [-0.3, -0.25) is 0 Å². The van der Waals surface area contributed by atoms with Crippen molar-refractivity contribution < 1.29 is 0 Å². The largest absolute Gasteiger partial charge is 0.0767 e. The first kappa shape index (κ1) is 22.9. The topological polar surface area (TPSA) is 0 Å². The van der Waals surface area contributed by atoms with E-state index < -0.39 is 0 Å². The highest BCUT2D eigenvalue weighted by Gasteiger charge is 2.47. The van der Waals surface area contributed by atoms with Gasteiger partial charge in [0.25, 0.3) is 0 Å². The lowest BCUT2D eigenvalue weighted by atomic mass is 9.61. The van der Waals surface area contributed by atoms with Crippen molar-refractivity contribution in [3.8, 4) is 11.1 Å². The molecule has 0 radical (unpaired) electrons. The Kier molecular flexibility index (Phi) is 5.28. The van der Waals surface area contributed by atoms with Crippen LogP contribution in [0.5, 0.6) is 0 Å². The molecule has 1 unspecified atom stereocenters. The molecule has 2 aliphatic carbocycles. The van der Waals surface area contributed by atoms with Crippen molar-refractivity contribution in [3.05, 3.63) is 119 Å². The molecule has 0 amide bonds. The van der Waals surface area contributed by atoms with Gasteiger partial charge < -0.3 is 0 Å². The van der Waals surface area contributed by atoms with Crippen molar-refractivity contribution in [1.82, 2.24) is 0 Å². The maximum atomic E-state index is 2.51. The molecule has 0 N–H and O–H groups in total. The molecule has 3 aromatic rings. The molecule has 0 aromatic heterocycles. The van der Waals surface area contributed by atoms with Crippen molar-refractivity contribution in [2.75, 3.05) is 0 Å². The van der Waals surface area contributed by atoms with E-state index in [1.807, 2.05) is 0 Å². The summed E-state index contributed by atoms with van der Waals surface area (Å²) in [7, 11) is 0. The van der Waals surface area contributed by atoms with E-state index in [0.29, 0.717) is 5.92 Å². The zero-order valence-corrected chi connectivity index (χ0v) is 21.8. The van der Waals surface area contributed by atoms with Crippen LogP contribution in [0.2, 0.25) is 0 Å². The van der Waals surface area contributed by atoms with Gasteiger partial charge in [-0.05, 0) is 49.8 Å². The van der Waals surface area contributed by atoms with Crippen LogP contribution in [0, 0.1) is 5.92 Å². The van der Waals surface area contributed by atoms with E-state index in [9.17, 15) is 0 Å². The minimum atomic E-state index is -0.0994. The van der Waals surface area contributed by atoms with Gasteiger partial charge in [-0.15, -0.1) is 0 Å². The number of benzene rings is 3. The van der Waals surface area contributed by atoms with E-state index in [2.05, 4.69) is 140 Å². The smallest absolute Gasteiger partial charge is 0.0205 e. The maximum Gasteiger partial charge on any atom is 0.0205 e. The molecule has 0 spiro atoms. The Morgan fingerprint density at radius 1 is 0.529 bits per heavy atom. The van der Waals surface area contributed by atoms with E-state index in [-0.39, 0.29) is 22.2 Å². The van der Waals surface area contributed by atoms with Crippen LogP contribution in [0.1, 0.15) is 82.2 Å². The maximum absolute atomic E-state index is 2.51. The third-order valence-corrected chi connectivity index (χ3v) is 8.18. The monoisotopic (exact) mass is 446 g/mol. The summed E-state index contributed by atoms with van der Waals surface area (Å²) in [4.78, 5) is 0. The summed E-state index contributed by atoms with van der Waals surface area (Å²) in [6, 6.07) is 25.7. The molecule has 0 heteroatoms. The molecule has 0 nitrogen and oxygen atoms in total. The third-order valence-electron chi connectivity index (χ3n) is 8.18. The summed E-state index contributed by atoms with van der Waals surface area (Å²) in [5, 5.41) is 0. The quantitative estimate of drug-likeness (QED) is 0.376. The number of hydrogen-bond donors (Lipinski definition) is 0. The predicted octanol–water partition coefficient (Wildman–Crippen LogP) is 9.09. The zero-order chi connectivity index (χ0) is 24.3. The van der Waals surface area contributed by atoms with Crippen molar-refractivity contribution in [2.24, 2.45) is 5.92 Å². The van der Waals surface area contributed by atoms with Gasteiger partial charge in [-0.1, -0.05) is 140 Å². The van der Waals surface area contributed by atoms with Gasteiger partial charge >= 0.3 is 0 Å². The first-order valence-corrected chi connectivity index (χ1v) is 12.7. The molecule has 1 atom stereocenters. The van der Waals surface area contributed by atoms with Gasteiger partial charge in [-0.2, -0.15) is 0 Å². The molecule has 0 saturated carbocycles. The highest BCUT2D eigenvalue weighted by atomic mass is 14.5. The molecular weight excluding hydrogens is 408 g/mol. The molecule has 3 aromatic carbocycles. The van der Waals surface area contributed by atoms with E-state index in [1.54, 1.807) is 0 Å². The van der Waals surface area contributed by atoms with Crippen molar-refractivity contribution in [2.45, 2.75) is 70.6 Å². The second-order valence-corrected chi connectivity index (χ2v) is 12.5. The van der Waals surface area contributed by atoms with Gasteiger partial charge in [0.15, 0.2) is 0 Å². The third kappa shape index (κ3) is 3.59. The van der Waals surface area contributed by atoms with Crippen LogP contribution >= 0.6 is 0 Å². The van der Waals surface area contributed by atoms with Crippen molar-refractivity contribution in [1.29, 1.82) is 0 Å². The van der Waals surface area contributed by atoms with Gasteiger partial charge in [0.05, 0.1) is 0 Å². The Morgan fingerprint density at radius 3 is 1.44 bits per heavy atom. The van der Waals surface area contributed by atoms with Crippen LogP contribution < -0.4 is 0 Å². The second kappa shape index (κ2) is 7.84. The molecule has 0 bridgehead atoms. The first-order chi connectivity index (χ1) is 16.0. The summed E-state index contributed by atoms with van der Waals surface area (Å²) < 4.78 is 0. The number of rotatable bonds is 3. The van der Waals surface area contributed by atoms with Crippen LogP contribution in [0.4, 0.5) is 0 Å². The van der Waals surface area contributed by atoms with Crippen LogP contribution in [0.15, 0.2) is 91.0 Å². The SMILES string of the molecule is CC(C)(C)c1ccc2c(c1)C(C(C)(c1ccccc1)C1C=CC=C1)c1cc(C(C)(C)C)ccc1-2.